The molecular formula is C15H24. The van der Waals surface area contributed by atoms with Gasteiger partial charge in [0.25, 0.3) is 0 Å². The van der Waals surface area contributed by atoms with Crippen LogP contribution in [0.2, 0.25) is 0 Å². The van der Waals surface area contributed by atoms with E-state index in [1.165, 1.54) is 31.3 Å². The van der Waals surface area contributed by atoms with E-state index >= 15 is 0 Å². The second-order valence-corrected chi connectivity index (χ2v) is 5.76. The summed E-state index contributed by atoms with van der Waals surface area (Å²) in [6.45, 7) is 11.2. The van der Waals surface area contributed by atoms with Gasteiger partial charge in [0.1, 0.15) is 0 Å². The summed E-state index contributed by atoms with van der Waals surface area (Å²) in [5.41, 5.74) is 3.11. The van der Waals surface area contributed by atoms with Crippen molar-refractivity contribution in [3.63, 3.8) is 0 Å². The third kappa shape index (κ3) is 2.04. The molecule has 2 rings (SSSR count). The normalized spacial score (nSPS) is 40.6. The topological polar surface area (TPSA) is 0 Å². The third-order valence-electron chi connectivity index (χ3n) is 4.55. The molecule has 0 aromatic rings. The fraction of sp³-hybridized carbons (Fsp3) is 0.733. The first-order valence-electron chi connectivity index (χ1n) is 6.46. The molecule has 0 aromatic heterocycles. The highest BCUT2D eigenvalue weighted by molar-refractivity contribution is 5.22. The lowest BCUT2D eigenvalue weighted by atomic mass is 9.87. The lowest BCUT2D eigenvalue weighted by Crippen LogP contribution is -2.09. The Kier molecular flexibility index (Phi) is 3.04. The van der Waals surface area contributed by atoms with Gasteiger partial charge in [-0.3, -0.25) is 0 Å². The highest BCUT2D eigenvalue weighted by Gasteiger charge is 2.33. The number of fused-ring (bicyclic) bond motifs is 1. The summed E-state index contributed by atoms with van der Waals surface area (Å²) >= 11 is 0. The fourth-order valence-corrected chi connectivity index (χ4v) is 3.38. The second-order valence-electron chi connectivity index (χ2n) is 5.76. The van der Waals surface area contributed by atoms with Crippen LogP contribution in [-0.2, 0) is 0 Å². The summed E-state index contributed by atoms with van der Waals surface area (Å²) in [5, 5.41) is 0. The summed E-state index contributed by atoms with van der Waals surface area (Å²) in [5.74, 6) is 3.28. The lowest BCUT2D eigenvalue weighted by Gasteiger charge is -2.18. The molecule has 0 bridgehead atoms. The molecular weight excluding hydrogens is 180 g/mol. The van der Waals surface area contributed by atoms with E-state index in [1.807, 2.05) is 0 Å². The molecule has 0 nitrogen and oxygen atoms in total. The van der Waals surface area contributed by atoms with Crippen LogP contribution in [0.4, 0.5) is 0 Å². The van der Waals surface area contributed by atoms with Gasteiger partial charge in [0.05, 0.1) is 0 Å². The van der Waals surface area contributed by atoms with Crippen LogP contribution < -0.4 is 0 Å². The molecule has 0 heterocycles. The van der Waals surface area contributed by atoms with E-state index in [1.54, 1.807) is 5.57 Å². The third-order valence-corrected chi connectivity index (χ3v) is 4.55. The zero-order valence-electron chi connectivity index (χ0n) is 10.4. The van der Waals surface area contributed by atoms with Crippen LogP contribution in [0, 0.1) is 23.7 Å². The summed E-state index contributed by atoms with van der Waals surface area (Å²) in [4.78, 5) is 0. The number of rotatable bonds is 1. The number of hydrogen-bond donors (Lipinski definition) is 0. The lowest BCUT2D eigenvalue weighted by molar-refractivity contribution is 0.384. The minimum atomic E-state index is 0.660. The summed E-state index contributed by atoms with van der Waals surface area (Å²) in [6.07, 6.45) is 8.10. The van der Waals surface area contributed by atoms with Crippen molar-refractivity contribution in [3.05, 3.63) is 23.8 Å². The number of allylic oxidation sites excluding steroid dienone is 3. The minimum Gasteiger partial charge on any atom is -0.0995 e. The molecule has 2 aliphatic rings. The van der Waals surface area contributed by atoms with Gasteiger partial charge < -0.3 is 0 Å². The molecule has 0 amide bonds. The number of hydrogen-bond acceptors (Lipinski definition) is 0. The van der Waals surface area contributed by atoms with Gasteiger partial charge in [-0.05, 0) is 56.3 Å². The molecule has 1 fully saturated rings. The van der Waals surface area contributed by atoms with Gasteiger partial charge in [0.2, 0.25) is 0 Å². The van der Waals surface area contributed by atoms with E-state index in [0.717, 1.165) is 17.8 Å². The molecule has 2 unspecified atom stereocenters. The zero-order valence-corrected chi connectivity index (χ0v) is 10.4. The van der Waals surface area contributed by atoms with Crippen LogP contribution in [0.1, 0.15) is 46.5 Å². The summed E-state index contributed by atoms with van der Waals surface area (Å²) in [6, 6.07) is 0. The molecule has 0 heteroatoms. The predicted octanol–water partition coefficient (Wildman–Crippen LogP) is 4.58. The van der Waals surface area contributed by atoms with Gasteiger partial charge >= 0.3 is 0 Å². The molecule has 0 N–H and O–H groups in total. The molecule has 0 aliphatic heterocycles. The van der Waals surface area contributed by atoms with Crippen LogP contribution in [0.25, 0.3) is 0 Å². The van der Waals surface area contributed by atoms with E-state index in [-0.39, 0.29) is 0 Å². The minimum absolute atomic E-state index is 0.660. The van der Waals surface area contributed by atoms with Crippen LogP contribution in [-0.4, -0.2) is 0 Å². The molecule has 0 saturated heterocycles. The molecule has 2 aliphatic carbocycles. The van der Waals surface area contributed by atoms with Gasteiger partial charge in [0, 0.05) is 0 Å². The van der Waals surface area contributed by atoms with Gasteiger partial charge in [-0.2, -0.15) is 0 Å². The maximum Gasteiger partial charge on any atom is -0.00257 e. The SMILES string of the molecule is C=C(C)[C@@H]1C=C2C(C)CC[C@@H]2C(C)CC1. The Labute approximate surface area is 94.5 Å². The van der Waals surface area contributed by atoms with E-state index in [2.05, 4.69) is 33.4 Å². The van der Waals surface area contributed by atoms with Gasteiger partial charge in [-0.1, -0.05) is 37.6 Å². The average Bonchev–Trinajstić information content (AvgIpc) is 2.43. The van der Waals surface area contributed by atoms with Crippen molar-refractivity contribution in [1.29, 1.82) is 0 Å². The Bertz CT molecular complexity index is 284. The first-order valence-corrected chi connectivity index (χ1v) is 6.46. The Balaban J connectivity index is 2.27. The largest absolute Gasteiger partial charge is 0.0995 e. The average molecular weight is 204 g/mol. The maximum atomic E-state index is 4.14. The second kappa shape index (κ2) is 4.15. The van der Waals surface area contributed by atoms with Crippen molar-refractivity contribution in [3.8, 4) is 0 Å². The summed E-state index contributed by atoms with van der Waals surface area (Å²) < 4.78 is 0. The Morgan fingerprint density at radius 1 is 1.20 bits per heavy atom. The summed E-state index contributed by atoms with van der Waals surface area (Å²) in [7, 11) is 0. The first-order chi connectivity index (χ1) is 7.09. The Morgan fingerprint density at radius 3 is 2.60 bits per heavy atom. The van der Waals surface area contributed by atoms with Crippen molar-refractivity contribution >= 4 is 0 Å². The predicted molar refractivity (Wildman–Crippen MR) is 66.7 cm³/mol. The van der Waals surface area contributed by atoms with E-state index in [4.69, 9.17) is 0 Å². The van der Waals surface area contributed by atoms with Crippen molar-refractivity contribution in [2.75, 3.05) is 0 Å². The standard InChI is InChI=1S/C15H24/c1-10(2)13-7-5-11(3)14-8-6-12(4)15(14)9-13/h9,11-14H,1,5-8H2,2-4H3/t11?,12?,13-,14+/m0/s1. The van der Waals surface area contributed by atoms with Crippen molar-refractivity contribution in [2.45, 2.75) is 46.5 Å². The van der Waals surface area contributed by atoms with Crippen LogP contribution in [0.5, 0.6) is 0 Å². The van der Waals surface area contributed by atoms with Crippen molar-refractivity contribution in [1.82, 2.24) is 0 Å². The maximum absolute atomic E-state index is 4.14. The van der Waals surface area contributed by atoms with Gasteiger partial charge in [0.15, 0.2) is 0 Å². The first kappa shape index (κ1) is 11.0. The van der Waals surface area contributed by atoms with E-state index in [9.17, 15) is 0 Å². The smallest absolute Gasteiger partial charge is 0.00257 e. The molecule has 15 heavy (non-hydrogen) atoms. The van der Waals surface area contributed by atoms with Crippen molar-refractivity contribution in [2.24, 2.45) is 23.7 Å². The van der Waals surface area contributed by atoms with E-state index < -0.39 is 0 Å². The Hall–Kier alpha value is -0.520. The molecule has 1 saturated carbocycles. The van der Waals surface area contributed by atoms with Gasteiger partial charge in [-0.25, -0.2) is 0 Å². The molecule has 4 atom stereocenters. The molecule has 0 aromatic carbocycles. The molecule has 0 radical (unpaired) electrons. The van der Waals surface area contributed by atoms with Crippen LogP contribution >= 0.6 is 0 Å². The highest BCUT2D eigenvalue weighted by Crippen LogP contribution is 2.45. The molecule has 84 valence electrons. The quantitative estimate of drug-likeness (QED) is 0.548. The monoisotopic (exact) mass is 204 g/mol. The fourth-order valence-electron chi connectivity index (χ4n) is 3.38. The zero-order chi connectivity index (χ0) is 11.0. The van der Waals surface area contributed by atoms with E-state index in [0.29, 0.717) is 5.92 Å². The molecule has 0 spiro atoms. The van der Waals surface area contributed by atoms with Crippen LogP contribution in [0.3, 0.4) is 0 Å². The van der Waals surface area contributed by atoms with Crippen molar-refractivity contribution < 1.29 is 0 Å². The van der Waals surface area contributed by atoms with Crippen LogP contribution in [0.15, 0.2) is 23.8 Å². The van der Waals surface area contributed by atoms with Gasteiger partial charge in [-0.15, -0.1) is 0 Å². The highest BCUT2D eigenvalue weighted by atomic mass is 14.4. The Morgan fingerprint density at radius 2 is 1.93 bits per heavy atom.